The van der Waals surface area contributed by atoms with E-state index in [9.17, 15) is 18.8 Å². The highest BCUT2D eigenvalue weighted by atomic mass is 35.5. The van der Waals surface area contributed by atoms with Crippen LogP contribution < -0.4 is 10.1 Å². The third kappa shape index (κ3) is 4.40. The van der Waals surface area contributed by atoms with Crippen molar-refractivity contribution in [3.8, 4) is 5.69 Å². The molecule has 186 valence electrons. The summed E-state index contributed by atoms with van der Waals surface area (Å²) in [5.41, 5.74) is 2.31. The number of H-pyrrole nitrogens is 1. The van der Waals surface area contributed by atoms with Crippen LogP contribution in [-0.4, -0.2) is 26.5 Å². The molecule has 0 aliphatic carbocycles. The molecule has 9 heteroatoms. The molecule has 5 rings (SSSR count). The van der Waals surface area contributed by atoms with Gasteiger partial charge in [0.05, 0.1) is 17.8 Å². The van der Waals surface area contributed by atoms with Crippen LogP contribution >= 0.6 is 11.6 Å². The summed E-state index contributed by atoms with van der Waals surface area (Å²) in [6.07, 6.45) is 3.82. The molecule has 37 heavy (non-hydrogen) atoms. The van der Waals surface area contributed by atoms with E-state index in [1.807, 2.05) is 19.9 Å². The third-order valence-corrected chi connectivity index (χ3v) is 6.51. The number of aryl methyl sites for hydroxylation is 2. The molecule has 0 saturated heterocycles. The number of rotatable bonds is 6. The maximum atomic E-state index is 13.8. The van der Waals surface area contributed by atoms with Crippen LogP contribution in [-0.2, 0) is 22.6 Å². The largest absolute Gasteiger partial charge is 0.327 e. The van der Waals surface area contributed by atoms with E-state index < -0.39 is 23.2 Å². The summed E-state index contributed by atoms with van der Waals surface area (Å²) in [4.78, 5) is 42.4. The number of aromatic nitrogens is 3. The summed E-state index contributed by atoms with van der Waals surface area (Å²) >= 11 is 6.02. The second-order valence-corrected chi connectivity index (χ2v) is 9.21. The Morgan fingerprint density at radius 1 is 0.973 bits per heavy atom. The van der Waals surface area contributed by atoms with Crippen LogP contribution in [0.1, 0.15) is 29.3 Å². The molecule has 2 amide bonds. The Morgan fingerprint density at radius 3 is 2.32 bits per heavy atom. The van der Waals surface area contributed by atoms with Crippen LogP contribution in [0.2, 0.25) is 5.02 Å². The van der Waals surface area contributed by atoms with Crippen molar-refractivity contribution in [3.63, 3.8) is 0 Å². The Morgan fingerprint density at radius 2 is 1.68 bits per heavy atom. The molecule has 3 heterocycles. The highest BCUT2D eigenvalue weighted by molar-refractivity contribution is 6.44. The van der Waals surface area contributed by atoms with E-state index in [1.165, 1.54) is 28.9 Å². The van der Waals surface area contributed by atoms with Crippen LogP contribution in [0.3, 0.4) is 0 Å². The predicted octanol–water partition coefficient (Wildman–Crippen LogP) is 4.05. The molecule has 0 radical (unpaired) electrons. The van der Waals surface area contributed by atoms with Gasteiger partial charge in [-0.25, -0.2) is 9.07 Å². The SMILES string of the molecule is CCc1[nH]n(-c2ccc(Cl)cc2)c(=O)c1C1=C([n+]2cccc(C)c2)C(=O)N(Cc2ccc(F)cc2)C1=O. The minimum absolute atomic E-state index is 0.0218. The number of nitrogens with zero attached hydrogens (tertiary/aromatic N) is 3. The highest BCUT2D eigenvalue weighted by Crippen LogP contribution is 2.31. The maximum Gasteiger partial charge on any atom is 0.327 e. The van der Waals surface area contributed by atoms with Crippen molar-refractivity contribution >= 4 is 34.7 Å². The summed E-state index contributed by atoms with van der Waals surface area (Å²) in [7, 11) is 0. The van der Waals surface area contributed by atoms with Gasteiger partial charge in [-0.1, -0.05) is 30.7 Å². The lowest BCUT2D eigenvalue weighted by Crippen LogP contribution is -2.39. The molecule has 1 aliphatic heterocycles. The van der Waals surface area contributed by atoms with E-state index in [2.05, 4.69) is 5.10 Å². The molecule has 1 aliphatic rings. The Labute approximate surface area is 217 Å². The van der Waals surface area contributed by atoms with Crippen molar-refractivity contribution < 1.29 is 18.5 Å². The first-order valence-electron chi connectivity index (χ1n) is 11.7. The number of pyridine rings is 1. The first kappa shape index (κ1) is 24.4. The molecule has 0 saturated carbocycles. The van der Waals surface area contributed by atoms with Gasteiger partial charge in [0.2, 0.25) is 0 Å². The van der Waals surface area contributed by atoms with Gasteiger partial charge in [-0.2, -0.15) is 4.57 Å². The number of hydrogen-bond donors (Lipinski definition) is 1. The molecule has 4 aromatic rings. The Bertz CT molecular complexity index is 1620. The lowest BCUT2D eigenvalue weighted by atomic mass is 10.0. The molecule has 0 fully saturated rings. The van der Waals surface area contributed by atoms with Crippen molar-refractivity contribution in [3.05, 3.63) is 117 Å². The van der Waals surface area contributed by atoms with Gasteiger partial charge in [0.15, 0.2) is 12.4 Å². The van der Waals surface area contributed by atoms with Gasteiger partial charge in [0.25, 0.3) is 17.2 Å². The summed E-state index contributed by atoms with van der Waals surface area (Å²) in [6, 6.07) is 15.9. The first-order chi connectivity index (χ1) is 17.8. The molecule has 0 unspecified atom stereocenters. The van der Waals surface area contributed by atoms with Gasteiger partial charge in [0.1, 0.15) is 11.4 Å². The van der Waals surface area contributed by atoms with Crippen LogP contribution in [0, 0.1) is 12.7 Å². The number of aromatic amines is 1. The van der Waals surface area contributed by atoms with E-state index in [4.69, 9.17) is 11.6 Å². The third-order valence-electron chi connectivity index (χ3n) is 6.26. The van der Waals surface area contributed by atoms with E-state index in [0.717, 1.165) is 10.5 Å². The summed E-state index contributed by atoms with van der Waals surface area (Å²) in [5, 5.41) is 3.62. The molecule has 2 aromatic heterocycles. The Kier molecular flexibility index (Phi) is 6.35. The fraction of sp³-hybridized carbons (Fsp3) is 0.143. The fourth-order valence-electron chi connectivity index (χ4n) is 4.44. The first-order valence-corrected chi connectivity index (χ1v) is 12.1. The second kappa shape index (κ2) is 9.63. The van der Waals surface area contributed by atoms with Gasteiger partial charge < -0.3 is 0 Å². The summed E-state index contributed by atoms with van der Waals surface area (Å²) in [5.74, 6) is -1.55. The van der Waals surface area contributed by atoms with Crippen molar-refractivity contribution in [1.82, 2.24) is 14.7 Å². The number of imide groups is 1. The van der Waals surface area contributed by atoms with Gasteiger partial charge in [-0.05, 0) is 61.4 Å². The Balaban J connectivity index is 1.70. The quantitative estimate of drug-likeness (QED) is 0.309. The number of benzene rings is 2. The predicted molar refractivity (Wildman–Crippen MR) is 137 cm³/mol. The molecule has 7 nitrogen and oxygen atoms in total. The molecule has 0 bridgehead atoms. The zero-order valence-corrected chi connectivity index (χ0v) is 20.9. The molecule has 2 aromatic carbocycles. The minimum atomic E-state index is -0.590. The molecule has 0 atom stereocenters. The van der Waals surface area contributed by atoms with Gasteiger partial charge in [-0.3, -0.25) is 24.4 Å². The summed E-state index contributed by atoms with van der Waals surface area (Å²) in [6.45, 7) is 3.67. The topological polar surface area (TPSA) is 79.1 Å². The van der Waals surface area contributed by atoms with E-state index in [1.54, 1.807) is 47.3 Å². The Hall–Kier alpha value is -4.30. The van der Waals surface area contributed by atoms with Crippen molar-refractivity contribution in [2.45, 2.75) is 26.8 Å². The molecule has 1 N–H and O–H groups in total. The van der Waals surface area contributed by atoms with Crippen LogP contribution in [0.25, 0.3) is 17.0 Å². The lowest BCUT2D eigenvalue weighted by Gasteiger charge is -2.14. The van der Waals surface area contributed by atoms with Crippen molar-refractivity contribution in [2.75, 3.05) is 0 Å². The summed E-state index contributed by atoms with van der Waals surface area (Å²) < 4.78 is 16.4. The molecular formula is C28H23ClFN4O3+. The van der Waals surface area contributed by atoms with E-state index >= 15 is 0 Å². The number of amides is 2. The zero-order chi connectivity index (χ0) is 26.3. The van der Waals surface area contributed by atoms with Gasteiger partial charge >= 0.3 is 5.91 Å². The van der Waals surface area contributed by atoms with E-state index in [-0.39, 0.29) is 23.4 Å². The molecule has 0 spiro atoms. The van der Waals surface area contributed by atoms with E-state index in [0.29, 0.717) is 28.4 Å². The van der Waals surface area contributed by atoms with Crippen LogP contribution in [0.15, 0.2) is 77.9 Å². The van der Waals surface area contributed by atoms with Crippen LogP contribution in [0.4, 0.5) is 4.39 Å². The normalized spacial score (nSPS) is 13.7. The average Bonchev–Trinajstić information content (AvgIpc) is 3.33. The number of carbonyl (C=O) groups is 2. The maximum absolute atomic E-state index is 13.8. The lowest BCUT2D eigenvalue weighted by molar-refractivity contribution is -0.577. The second-order valence-electron chi connectivity index (χ2n) is 8.77. The fourth-order valence-corrected chi connectivity index (χ4v) is 4.57. The smallest absolute Gasteiger partial charge is 0.294 e. The van der Waals surface area contributed by atoms with Gasteiger partial charge in [0, 0.05) is 22.3 Å². The number of halogens is 2. The van der Waals surface area contributed by atoms with Crippen molar-refractivity contribution in [2.24, 2.45) is 0 Å². The zero-order valence-electron chi connectivity index (χ0n) is 20.2. The highest BCUT2D eigenvalue weighted by Gasteiger charge is 2.47. The van der Waals surface area contributed by atoms with Gasteiger partial charge in [-0.15, -0.1) is 0 Å². The number of carbonyl (C=O) groups excluding carboxylic acids is 2. The standard InChI is InChI=1S/C28H22ClFN4O3/c1-3-22-23(27(36)34(31-22)21-12-8-19(29)9-13-21)24-25(32-14-4-5-17(2)15-32)28(37)33(26(24)35)16-18-6-10-20(30)11-7-18/h4-15H,3,16H2,1-2H3/p+1. The monoisotopic (exact) mass is 517 g/mol. The minimum Gasteiger partial charge on any atom is -0.294 e. The average molecular weight is 518 g/mol. The molecular weight excluding hydrogens is 495 g/mol. The number of nitrogens with one attached hydrogen (secondary N) is 1. The van der Waals surface area contributed by atoms with Crippen molar-refractivity contribution in [1.29, 1.82) is 0 Å². The van der Waals surface area contributed by atoms with Crippen LogP contribution in [0.5, 0.6) is 0 Å². The number of hydrogen-bond acceptors (Lipinski definition) is 3.